The van der Waals surface area contributed by atoms with Crippen molar-refractivity contribution >= 4 is 18.6 Å². The predicted octanol–water partition coefficient (Wildman–Crippen LogP) is 2.54. The zero-order valence-electron chi connectivity index (χ0n) is 11.8. The lowest BCUT2D eigenvalue weighted by Gasteiger charge is -2.01. The van der Waals surface area contributed by atoms with E-state index in [4.69, 9.17) is 9.90 Å². The van der Waals surface area contributed by atoms with Crippen molar-refractivity contribution < 1.29 is 9.90 Å². The third kappa shape index (κ3) is 7.66. The molecule has 1 heterocycles. The highest BCUT2D eigenvalue weighted by atomic mass is 32.2. The summed E-state index contributed by atoms with van der Waals surface area (Å²) in [7, 11) is 1.00. The number of carbonyl (C=O) groups excluding carboxylic acids is 1. The second-order valence-corrected chi connectivity index (χ2v) is 4.68. The van der Waals surface area contributed by atoms with Gasteiger partial charge in [-0.15, -0.1) is 0 Å². The first-order valence-corrected chi connectivity index (χ1v) is 7.02. The number of aryl methyl sites for hydroxylation is 2. The number of rotatable bonds is 4. The van der Waals surface area contributed by atoms with E-state index in [0.29, 0.717) is 0 Å². The first-order valence-electron chi connectivity index (χ1n) is 6.03. The minimum absolute atomic E-state index is 0.856. The number of hydrogen-bond acceptors (Lipinski definition) is 5. The quantitative estimate of drug-likeness (QED) is 0.693. The van der Waals surface area contributed by atoms with Crippen LogP contribution in [0, 0.1) is 6.92 Å². The second kappa shape index (κ2) is 12.3. The van der Waals surface area contributed by atoms with Gasteiger partial charge in [0.05, 0.1) is 0 Å². The molecule has 0 saturated heterocycles. The smallest absolute Gasteiger partial charge is 0.187 e. The Labute approximate surface area is 124 Å². The summed E-state index contributed by atoms with van der Waals surface area (Å²) in [4.78, 5) is 16.4. The van der Waals surface area contributed by atoms with E-state index >= 15 is 0 Å². The summed E-state index contributed by atoms with van der Waals surface area (Å²) in [5.74, 6) is 1.02. The molecule has 0 aliphatic carbocycles. The number of hydrogen-bond donors (Lipinski definition) is 1. The number of carbonyl (C=O) groups is 1. The summed E-state index contributed by atoms with van der Waals surface area (Å²) < 4.78 is 0. The maximum absolute atomic E-state index is 8.00. The fourth-order valence-corrected chi connectivity index (χ4v) is 2.17. The molecule has 0 amide bonds. The van der Waals surface area contributed by atoms with Crippen LogP contribution in [0.1, 0.15) is 11.1 Å². The monoisotopic (exact) mass is 292 g/mol. The van der Waals surface area contributed by atoms with Crippen molar-refractivity contribution in [2.75, 3.05) is 12.9 Å². The van der Waals surface area contributed by atoms with Crippen LogP contribution in [0.25, 0.3) is 0 Å². The highest BCUT2D eigenvalue weighted by Crippen LogP contribution is 2.13. The van der Waals surface area contributed by atoms with Gasteiger partial charge in [-0.05, 0) is 25.0 Å². The zero-order valence-corrected chi connectivity index (χ0v) is 12.6. The van der Waals surface area contributed by atoms with Crippen LogP contribution in [0.4, 0.5) is 0 Å². The lowest BCUT2D eigenvalue weighted by molar-refractivity contribution is -0.0979. The molecule has 0 atom stereocenters. The van der Waals surface area contributed by atoms with Crippen molar-refractivity contribution in [1.29, 1.82) is 0 Å². The molecule has 0 aliphatic heterocycles. The fraction of sp³-hybridized carbons (Fsp3) is 0.267. The molecule has 1 N–H and O–H groups in total. The number of aliphatic hydroxyl groups excluding tert-OH is 1. The third-order valence-electron chi connectivity index (χ3n) is 2.28. The van der Waals surface area contributed by atoms with E-state index in [1.807, 2.05) is 12.9 Å². The van der Waals surface area contributed by atoms with Gasteiger partial charge in [0.25, 0.3) is 0 Å². The third-order valence-corrected chi connectivity index (χ3v) is 3.16. The second-order valence-electron chi connectivity index (χ2n) is 3.62. The molecule has 0 aliphatic rings. The van der Waals surface area contributed by atoms with Crippen LogP contribution in [0.3, 0.4) is 0 Å². The number of nitrogens with zero attached hydrogens (tertiary/aromatic N) is 2. The summed E-state index contributed by atoms with van der Waals surface area (Å²) in [5.41, 5.74) is 2.68. The van der Waals surface area contributed by atoms with Gasteiger partial charge in [-0.1, -0.05) is 41.6 Å². The molecule has 20 heavy (non-hydrogen) atoms. The topological polar surface area (TPSA) is 63.1 Å². The lowest BCUT2D eigenvalue weighted by atomic mass is 10.1. The molecule has 1 aromatic heterocycles. The van der Waals surface area contributed by atoms with Gasteiger partial charge in [-0.25, -0.2) is 9.97 Å². The van der Waals surface area contributed by atoms with Gasteiger partial charge in [0.15, 0.2) is 5.16 Å². The molecule has 0 saturated carbocycles. The Morgan fingerprint density at radius 3 is 2.20 bits per heavy atom. The SMILES string of the molecule is C=O.CO.Cc1ccc(CCSc2ncccn2)cc1. The highest BCUT2D eigenvalue weighted by molar-refractivity contribution is 7.99. The van der Waals surface area contributed by atoms with Crippen molar-refractivity contribution in [3.8, 4) is 0 Å². The average molecular weight is 292 g/mol. The summed E-state index contributed by atoms with van der Waals surface area (Å²) in [5, 5.41) is 7.86. The zero-order chi connectivity index (χ0) is 15.2. The van der Waals surface area contributed by atoms with Gasteiger partial charge in [0, 0.05) is 25.3 Å². The fourth-order valence-electron chi connectivity index (χ4n) is 1.37. The van der Waals surface area contributed by atoms with Crippen molar-refractivity contribution in [2.24, 2.45) is 0 Å². The molecule has 2 rings (SSSR count). The number of aromatic nitrogens is 2. The number of benzene rings is 1. The van der Waals surface area contributed by atoms with Crippen molar-refractivity contribution in [3.63, 3.8) is 0 Å². The van der Waals surface area contributed by atoms with Crippen LogP contribution in [0.5, 0.6) is 0 Å². The van der Waals surface area contributed by atoms with E-state index in [9.17, 15) is 0 Å². The summed E-state index contributed by atoms with van der Waals surface area (Å²) in [6.07, 6.45) is 4.62. The molecular weight excluding hydrogens is 272 g/mol. The van der Waals surface area contributed by atoms with Crippen LogP contribution in [-0.2, 0) is 11.2 Å². The molecule has 0 unspecified atom stereocenters. The van der Waals surface area contributed by atoms with Gasteiger partial charge in [-0.3, -0.25) is 0 Å². The van der Waals surface area contributed by atoms with Crippen LogP contribution < -0.4 is 0 Å². The largest absolute Gasteiger partial charge is 0.400 e. The van der Waals surface area contributed by atoms with E-state index < -0.39 is 0 Å². The van der Waals surface area contributed by atoms with E-state index in [1.54, 1.807) is 24.2 Å². The maximum Gasteiger partial charge on any atom is 0.187 e. The molecule has 0 spiro atoms. The van der Waals surface area contributed by atoms with Crippen molar-refractivity contribution in [1.82, 2.24) is 9.97 Å². The Hall–Kier alpha value is -1.72. The molecule has 1 aromatic carbocycles. The summed E-state index contributed by atoms with van der Waals surface area (Å²) >= 11 is 1.70. The summed E-state index contributed by atoms with van der Waals surface area (Å²) in [6, 6.07) is 10.5. The van der Waals surface area contributed by atoms with Crippen LogP contribution in [-0.4, -0.2) is 34.7 Å². The van der Waals surface area contributed by atoms with Crippen LogP contribution in [0.2, 0.25) is 0 Å². The van der Waals surface area contributed by atoms with Gasteiger partial charge < -0.3 is 9.90 Å². The Morgan fingerprint density at radius 1 is 1.10 bits per heavy atom. The summed E-state index contributed by atoms with van der Waals surface area (Å²) in [6.45, 7) is 4.11. The van der Waals surface area contributed by atoms with E-state index in [1.165, 1.54) is 11.1 Å². The molecule has 0 radical (unpaired) electrons. The van der Waals surface area contributed by atoms with E-state index in [-0.39, 0.29) is 0 Å². The first kappa shape index (κ1) is 18.3. The lowest BCUT2D eigenvalue weighted by Crippen LogP contribution is -1.91. The van der Waals surface area contributed by atoms with Crippen LogP contribution >= 0.6 is 11.8 Å². The van der Waals surface area contributed by atoms with E-state index in [2.05, 4.69) is 41.2 Å². The van der Waals surface area contributed by atoms with Crippen LogP contribution in [0.15, 0.2) is 47.9 Å². The van der Waals surface area contributed by atoms with Gasteiger partial charge in [0.2, 0.25) is 0 Å². The van der Waals surface area contributed by atoms with Gasteiger partial charge in [0.1, 0.15) is 6.79 Å². The predicted molar refractivity (Wildman–Crippen MR) is 82.9 cm³/mol. The molecule has 0 fully saturated rings. The standard InChI is InChI=1S/C13H14N2S.CH4O.CH2O/c1-11-3-5-12(6-4-11)7-10-16-13-14-8-2-9-15-13;2*1-2/h2-6,8-9H,7,10H2,1H3;2H,1H3;1H2. The normalized spacial score (nSPS) is 8.75. The molecule has 0 bridgehead atoms. The molecule has 4 nitrogen and oxygen atoms in total. The molecule has 108 valence electrons. The van der Waals surface area contributed by atoms with Crippen molar-refractivity contribution in [2.45, 2.75) is 18.5 Å². The minimum atomic E-state index is 0.856. The number of aliphatic hydroxyl groups is 1. The molecular formula is C15H20N2O2S. The average Bonchev–Trinajstić information content (AvgIpc) is 2.54. The molecule has 5 heteroatoms. The minimum Gasteiger partial charge on any atom is -0.400 e. The number of thioether (sulfide) groups is 1. The van der Waals surface area contributed by atoms with Gasteiger partial charge >= 0.3 is 0 Å². The highest BCUT2D eigenvalue weighted by Gasteiger charge is 1.97. The maximum atomic E-state index is 8.00. The van der Waals surface area contributed by atoms with Crippen molar-refractivity contribution in [3.05, 3.63) is 53.9 Å². The molecule has 2 aromatic rings. The Kier molecular flexibility index (Phi) is 11.3. The Bertz CT molecular complexity index is 449. The Balaban J connectivity index is 0.000000829. The Morgan fingerprint density at radius 2 is 1.65 bits per heavy atom. The first-order chi connectivity index (χ1) is 9.84. The van der Waals surface area contributed by atoms with Gasteiger partial charge in [-0.2, -0.15) is 0 Å². The van der Waals surface area contributed by atoms with E-state index in [0.717, 1.165) is 24.4 Å².